The van der Waals surface area contributed by atoms with Gasteiger partial charge in [-0.15, -0.1) is 0 Å². The molecule has 0 saturated carbocycles. The standard InChI is InChI=1S/C8H9FN2O3S/c9-5-1-2-6(10)7(3-5)15(13,14)4-8(11)12/h1-3H,4,10H2,(H2,11,12). The van der Waals surface area contributed by atoms with Crippen molar-refractivity contribution in [3.05, 3.63) is 24.0 Å². The van der Waals surface area contributed by atoms with Gasteiger partial charge in [0.1, 0.15) is 11.6 Å². The molecule has 0 aromatic heterocycles. The minimum absolute atomic E-state index is 0.113. The van der Waals surface area contributed by atoms with Gasteiger partial charge in [0, 0.05) is 0 Å². The van der Waals surface area contributed by atoms with Crippen molar-refractivity contribution in [2.24, 2.45) is 5.73 Å². The Hall–Kier alpha value is -1.63. The zero-order valence-electron chi connectivity index (χ0n) is 7.60. The Balaban J connectivity index is 3.26. The van der Waals surface area contributed by atoms with Crippen molar-refractivity contribution in [2.45, 2.75) is 4.90 Å². The summed E-state index contributed by atoms with van der Waals surface area (Å²) in [6.45, 7) is 0. The fraction of sp³-hybridized carbons (Fsp3) is 0.125. The molecule has 0 spiro atoms. The Morgan fingerprint density at radius 3 is 2.53 bits per heavy atom. The molecule has 0 radical (unpaired) electrons. The highest BCUT2D eigenvalue weighted by Gasteiger charge is 2.20. The van der Waals surface area contributed by atoms with Crippen LogP contribution in [0.15, 0.2) is 23.1 Å². The summed E-state index contributed by atoms with van der Waals surface area (Å²) in [6, 6.07) is 2.90. The third kappa shape index (κ3) is 2.66. The first-order valence-corrected chi connectivity index (χ1v) is 5.54. The minimum Gasteiger partial charge on any atom is -0.398 e. The topological polar surface area (TPSA) is 103 Å². The lowest BCUT2D eigenvalue weighted by molar-refractivity contribution is -0.115. The van der Waals surface area contributed by atoms with Gasteiger partial charge in [0.2, 0.25) is 5.91 Å². The van der Waals surface area contributed by atoms with Gasteiger partial charge in [-0.05, 0) is 18.2 Å². The van der Waals surface area contributed by atoms with Gasteiger partial charge >= 0.3 is 0 Å². The van der Waals surface area contributed by atoms with Gasteiger partial charge in [-0.2, -0.15) is 0 Å². The number of hydrogen-bond donors (Lipinski definition) is 2. The Morgan fingerprint density at radius 1 is 1.40 bits per heavy atom. The lowest BCUT2D eigenvalue weighted by Gasteiger charge is -2.05. The second-order valence-corrected chi connectivity index (χ2v) is 4.87. The molecule has 1 aromatic rings. The number of halogens is 1. The van der Waals surface area contributed by atoms with Crippen LogP contribution in [-0.2, 0) is 14.6 Å². The third-order valence-electron chi connectivity index (χ3n) is 1.64. The first-order chi connectivity index (χ1) is 6.83. The van der Waals surface area contributed by atoms with E-state index in [0.29, 0.717) is 0 Å². The molecule has 0 heterocycles. The number of nitrogen functional groups attached to an aromatic ring is 1. The molecule has 1 rings (SSSR count). The maximum atomic E-state index is 12.8. The van der Waals surface area contributed by atoms with E-state index >= 15 is 0 Å². The molecule has 0 aliphatic rings. The van der Waals surface area contributed by atoms with Crippen molar-refractivity contribution in [3.8, 4) is 0 Å². The Morgan fingerprint density at radius 2 is 2.00 bits per heavy atom. The van der Waals surface area contributed by atoms with Crippen LogP contribution in [0.4, 0.5) is 10.1 Å². The maximum Gasteiger partial charge on any atom is 0.233 e. The normalized spacial score (nSPS) is 11.3. The zero-order valence-corrected chi connectivity index (χ0v) is 8.42. The van der Waals surface area contributed by atoms with Crippen LogP contribution in [0, 0.1) is 5.82 Å². The van der Waals surface area contributed by atoms with E-state index in [9.17, 15) is 17.6 Å². The molecular formula is C8H9FN2O3S. The first kappa shape index (κ1) is 11.4. The molecule has 1 aromatic carbocycles. The maximum absolute atomic E-state index is 12.8. The number of carbonyl (C=O) groups excluding carboxylic acids is 1. The lowest BCUT2D eigenvalue weighted by atomic mass is 10.3. The van der Waals surface area contributed by atoms with Gasteiger partial charge in [-0.1, -0.05) is 0 Å². The molecule has 0 bridgehead atoms. The molecule has 0 unspecified atom stereocenters. The second kappa shape index (κ2) is 3.85. The van der Waals surface area contributed by atoms with Gasteiger partial charge in [-0.25, -0.2) is 12.8 Å². The number of anilines is 1. The number of sulfone groups is 1. The molecular weight excluding hydrogens is 223 g/mol. The van der Waals surface area contributed by atoms with E-state index in [1.807, 2.05) is 0 Å². The largest absolute Gasteiger partial charge is 0.398 e. The average Bonchev–Trinajstić information content (AvgIpc) is 2.06. The van der Waals surface area contributed by atoms with E-state index in [-0.39, 0.29) is 5.69 Å². The summed E-state index contributed by atoms with van der Waals surface area (Å²) in [7, 11) is -3.95. The molecule has 4 N–H and O–H groups in total. The molecule has 7 heteroatoms. The van der Waals surface area contributed by atoms with Gasteiger partial charge in [0.25, 0.3) is 0 Å². The van der Waals surface area contributed by atoms with E-state index in [1.54, 1.807) is 0 Å². The molecule has 0 saturated heterocycles. The molecule has 1 amide bonds. The predicted molar refractivity (Wildman–Crippen MR) is 52.1 cm³/mol. The van der Waals surface area contributed by atoms with Crippen molar-refractivity contribution in [2.75, 3.05) is 11.5 Å². The predicted octanol–water partition coefficient (Wildman–Crippen LogP) is -0.333. The quantitative estimate of drug-likeness (QED) is 0.696. The smallest absolute Gasteiger partial charge is 0.233 e. The summed E-state index contributed by atoms with van der Waals surface area (Å²) in [6.07, 6.45) is 0. The van der Waals surface area contributed by atoms with E-state index in [0.717, 1.165) is 18.2 Å². The van der Waals surface area contributed by atoms with Crippen LogP contribution in [0.1, 0.15) is 0 Å². The van der Waals surface area contributed by atoms with Crippen molar-refractivity contribution >= 4 is 21.4 Å². The summed E-state index contributed by atoms with van der Waals surface area (Å²) in [5.74, 6) is -2.65. The summed E-state index contributed by atoms with van der Waals surface area (Å²) in [5.41, 5.74) is 9.99. The van der Waals surface area contributed by atoms with Gasteiger partial charge in [0.15, 0.2) is 9.84 Å². The van der Waals surface area contributed by atoms with E-state index in [2.05, 4.69) is 0 Å². The highest BCUT2D eigenvalue weighted by molar-refractivity contribution is 7.92. The fourth-order valence-corrected chi connectivity index (χ4v) is 2.29. The Kier molecular flexibility index (Phi) is 2.94. The van der Waals surface area contributed by atoms with Crippen LogP contribution in [0.2, 0.25) is 0 Å². The van der Waals surface area contributed by atoms with Gasteiger partial charge in [0.05, 0.1) is 10.6 Å². The lowest BCUT2D eigenvalue weighted by Crippen LogP contribution is -2.23. The van der Waals surface area contributed by atoms with Crippen LogP contribution < -0.4 is 11.5 Å². The average molecular weight is 232 g/mol. The Labute approximate surface area is 85.8 Å². The summed E-state index contributed by atoms with van der Waals surface area (Å²) in [5, 5.41) is 0. The highest BCUT2D eigenvalue weighted by atomic mass is 32.2. The van der Waals surface area contributed by atoms with Crippen LogP contribution in [-0.4, -0.2) is 20.1 Å². The van der Waals surface area contributed by atoms with E-state index in [1.165, 1.54) is 0 Å². The zero-order chi connectivity index (χ0) is 11.6. The van der Waals surface area contributed by atoms with E-state index < -0.39 is 32.2 Å². The highest BCUT2D eigenvalue weighted by Crippen LogP contribution is 2.20. The number of carbonyl (C=O) groups is 1. The minimum atomic E-state index is -3.95. The van der Waals surface area contributed by atoms with Crippen molar-refractivity contribution in [1.29, 1.82) is 0 Å². The first-order valence-electron chi connectivity index (χ1n) is 3.89. The summed E-state index contributed by atoms with van der Waals surface area (Å²) >= 11 is 0. The van der Waals surface area contributed by atoms with Crippen LogP contribution in [0.25, 0.3) is 0 Å². The van der Waals surface area contributed by atoms with Crippen molar-refractivity contribution in [3.63, 3.8) is 0 Å². The molecule has 82 valence electrons. The molecule has 0 aliphatic heterocycles. The van der Waals surface area contributed by atoms with E-state index in [4.69, 9.17) is 11.5 Å². The number of hydrogen-bond acceptors (Lipinski definition) is 4. The van der Waals surface area contributed by atoms with Gasteiger partial charge in [-0.3, -0.25) is 4.79 Å². The van der Waals surface area contributed by atoms with Crippen molar-refractivity contribution < 1.29 is 17.6 Å². The number of nitrogens with two attached hydrogens (primary N) is 2. The fourth-order valence-electron chi connectivity index (χ4n) is 1.04. The summed E-state index contributed by atoms with van der Waals surface area (Å²) < 4.78 is 35.7. The van der Waals surface area contributed by atoms with Crippen molar-refractivity contribution in [1.82, 2.24) is 0 Å². The monoisotopic (exact) mass is 232 g/mol. The Bertz CT molecular complexity index is 499. The van der Waals surface area contributed by atoms with Crippen LogP contribution in [0.3, 0.4) is 0 Å². The molecule has 5 nitrogen and oxygen atoms in total. The van der Waals surface area contributed by atoms with Crippen LogP contribution >= 0.6 is 0 Å². The summed E-state index contributed by atoms with van der Waals surface area (Å²) in [4.78, 5) is 10.1. The number of benzene rings is 1. The van der Waals surface area contributed by atoms with Crippen LogP contribution in [0.5, 0.6) is 0 Å². The number of amides is 1. The third-order valence-corrected chi connectivity index (χ3v) is 3.33. The molecule has 0 aliphatic carbocycles. The molecule has 0 atom stereocenters. The SMILES string of the molecule is NC(=O)CS(=O)(=O)c1cc(F)ccc1N. The van der Waals surface area contributed by atoms with Gasteiger partial charge < -0.3 is 11.5 Å². The number of primary amides is 1. The molecule has 0 fully saturated rings. The number of rotatable bonds is 3. The molecule has 15 heavy (non-hydrogen) atoms. The second-order valence-electron chi connectivity index (χ2n) is 2.91.